The highest BCUT2D eigenvalue weighted by Gasteiger charge is 2.44. The number of rotatable bonds is 6. The predicted octanol–water partition coefficient (Wildman–Crippen LogP) is 4.24. The summed E-state index contributed by atoms with van der Waals surface area (Å²) >= 11 is 0. The van der Waals surface area contributed by atoms with Crippen molar-refractivity contribution in [1.29, 1.82) is 0 Å². The van der Waals surface area contributed by atoms with E-state index in [-0.39, 0.29) is 47.3 Å². The summed E-state index contributed by atoms with van der Waals surface area (Å²) in [5.74, 6) is -3.67. The summed E-state index contributed by atoms with van der Waals surface area (Å²) in [4.78, 5) is 14.2. The standard InChI is InChI=1S/C24H22F4N2O3/c1-13(30-12-15(21(25)26)10-20(30)23(32)33-2)11-29-22(31)14-7-8-19-17(9-14)16-5-3-4-6-18(16)24(19,27)28/h3-9,20,23,32H,1,10-12H2,2H3,(H,29,31)/t20-,23?/m0/s1. The number of ether oxygens (including phenoxy) is 1. The van der Waals surface area contributed by atoms with Crippen LogP contribution in [0.4, 0.5) is 17.6 Å². The van der Waals surface area contributed by atoms with Gasteiger partial charge in [0.05, 0.1) is 12.6 Å². The molecule has 174 valence electrons. The van der Waals surface area contributed by atoms with Crippen molar-refractivity contribution in [3.63, 3.8) is 0 Å². The Morgan fingerprint density at radius 3 is 2.64 bits per heavy atom. The number of likely N-dealkylation sites (tertiary alicyclic amines) is 1. The molecule has 2 atom stereocenters. The number of hydrogen-bond donors (Lipinski definition) is 2. The van der Waals surface area contributed by atoms with Crippen LogP contribution >= 0.6 is 0 Å². The summed E-state index contributed by atoms with van der Waals surface area (Å²) in [5.41, 5.74) is 0.743. The summed E-state index contributed by atoms with van der Waals surface area (Å²) in [6, 6.07) is 9.36. The lowest BCUT2D eigenvalue weighted by atomic mass is 10.0. The minimum absolute atomic E-state index is 0.0865. The molecule has 1 aliphatic carbocycles. The van der Waals surface area contributed by atoms with Crippen molar-refractivity contribution in [3.8, 4) is 11.1 Å². The van der Waals surface area contributed by atoms with Crippen LogP contribution in [-0.2, 0) is 10.7 Å². The molecule has 0 bridgehead atoms. The average Bonchev–Trinajstić information content (AvgIpc) is 3.35. The van der Waals surface area contributed by atoms with Crippen LogP contribution in [0.25, 0.3) is 11.1 Å². The van der Waals surface area contributed by atoms with Crippen molar-refractivity contribution in [2.75, 3.05) is 20.2 Å². The Balaban J connectivity index is 1.49. The number of halogens is 4. The molecule has 5 nitrogen and oxygen atoms in total. The molecule has 2 aromatic carbocycles. The monoisotopic (exact) mass is 462 g/mol. The Labute approximate surface area is 188 Å². The van der Waals surface area contributed by atoms with Gasteiger partial charge in [0.15, 0.2) is 6.29 Å². The highest BCUT2D eigenvalue weighted by molar-refractivity contribution is 5.96. The molecule has 1 fully saturated rings. The molecule has 1 heterocycles. The van der Waals surface area contributed by atoms with Crippen LogP contribution in [0.2, 0.25) is 0 Å². The van der Waals surface area contributed by atoms with Crippen LogP contribution in [0.15, 0.2) is 66.4 Å². The molecule has 0 radical (unpaired) electrons. The van der Waals surface area contributed by atoms with Crippen molar-refractivity contribution in [1.82, 2.24) is 10.2 Å². The fraction of sp³-hybridized carbons (Fsp3) is 0.292. The highest BCUT2D eigenvalue weighted by atomic mass is 19.3. The zero-order valence-electron chi connectivity index (χ0n) is 17.7. The van der Waals surface area contributed by atoms with Gasteiger partial charge in [-0.1, -0.05) is 36.9 Å². The van der Waals surface area contributed by atoms with Gasteiger partial charge in [-0.3, -0.25) is 4.79 Å². The molecule has 2 aliphatic rings. The molecule has 2 N–H and O–H groups in total. The van der Waals surface area contributed by atoms with E-state index in [1.807, 2.05) is 0 Å². The minimum Gasteiger partial charge on any atom is -0.366 e. The van der Waals surface area contributed by atoms with Gasteiger partial charge in [0.2, 0.25) is 0 Å². The minimum atomic E-state index is -3.14. The third-order valence-electron chi connectivity index (χ3n) is 6.09. The van der Waals surface area contributed by atoms with E-state index in [1.165, 1.54) is 36.3 Å². The van der Waals surface area contributed by atoms with E-state index in [0.29, 0.717) is 11.3 Å². The lowest BCUT2D eigenvalue weighted by molar-refractivity contribution is -0.112. The highest BCUT2D eigenvalue weighted by Crippen LogP contribution is 2.50. The van der Waals surface area contributed by atoms with E-state index in [0.717, 1.165) is 0 Å². The zero-order valence-corrected chi connectivity index (χ0v) is 17.7. The van der Waals surface area contributed by atoms with E-state index < -0.39 is 30.2 Å². The number of alkyl halides is 2. The molecule has 1 aliphatic heterocycles. The first-order valence-electron chi connectivity index (χ1n) is 10.2. The summed E-state index contributed by atoms with van der Waals surface area (Å²) in [6.45, 7) is 3.62. The van der Waals surface area contributed by atoms with E-state index in [9.17, 15) is 27.5 Å². The number of amides is 1. The second kappa shape index (κ2) is 8.64. The smallest absolute Gasteiger partial charge is 0.299 e. The van der Waals surface area contributed by atoms with Crippen LogP contribution in [0, 0.1) is 0 Å². The fourth-order valence-electron chi connectivity index (χ4n) is 4.35. The largest absolute Gasteiger partial charge is 0.366 e. The number of fused-ring (bicyclic) bond motifs is 3. The number of hydrogen-bond acceptors (Lipinski definition) is 4. The van der Waals surface area contributed by atoms with Gasteiger partial charge < -0.3 is 20.1 Å². The quantitative estimate of drug-likeness (QED) is 0.498. The van der Waals surface area contributed by atoms with Gasteiger partial charge in [-0.15, -0.1) is 0 Å². The maximum absolute atomic E-state index is 14.7. The molecule has 1 amide bonds. The van der Waals surface area contributed by atoms with Gasteiger partial charge in [-0.2, -0.15) is 17.6 Å². The van der Waals surface area contributed by atoms with E-state index in [4.69, 9.17) is 4.74 Å². The first-order valence-corrected chi connectivity index (χ1v) is 10.2. The van der Waals surface area contributed by atoms with Crippen molar-refractivity contribution in [2.45, 2.75) is 24.7 Å². The number of carbonyl (C=O) groups is 1. The normalized spacial score (nSPS) is 19.2. The van der Waals surface area contributed by atoms with Gasteiger partial charge >= 0.3 is 0 Å². The molecule has 2 aromatic rings. The molecule has 0 spiro atoms. The first-order chi connectivity index (χ1) is 15.6. The van der Waals surface area contributed by atoms with Crippen molar-refractivity contribution < 1.29 is 32.2 Å². The maximum atomic E-state index is 14.7. The Morgan fingerprint density at radius 2 is 1.94 bits per heavy atom. The second-order valence-electron chi connectivity index (χ2n) is 8.02. The molecule has 0 aromatic heterocycles. The van der Waals surface area contributed by atoms with Crippen molar-refractivity contribution in [2.24, 2.45) is 0 Å². The van der Waals surface area contributed by atoms with Crippen LogP contribution < -0.4 is 5.32 Å². The lowest BCUT2D eigenvalue weighted by Crippen LogP contribution is -2.42. The third-order valence-corrected chi connectivity index (χ3v) is 6.09. The number of benzene rings is 2. The molecule has 9 heteroatoms. The van der Waals surface area contributed by atoms with Gasteiger partial charge in [0, 0.05) is 48.0 Å². The van der Waals surface area contributed by atoms with Crippen LogP contribution in [-0.4, -0.2) is 48.4 Å². The van der Waals surface area contributed by atoms with Gasteiger partial charge in [-0.05, 0) is 23.3 Å². The van der Waals surface area contributed by atoms with Gasteiger partial charge in [-0.25, -0.2) is 0 Å². The molecule has 0 saturated carbocycles. The van der Waals surface area contributed by atoms with Crippen molar-refractivity contribution >= 4 is 5.91 Å². The zero-order chi connectivity index (χ0) is 23.9. The van der Waals surface area contributed by atoms with Gasteiger partial charge in [0.25, 0.3) is 17.9 Å². The molecular weight excluding hydrogens is 440 g/mol. The van der Waals surface area contributed by atoms with Crippen molar-refractivity contribution in [3.05, 3.63) is 83.1 Å². The first kappa shape index (κ1) is 23.0. The molecule has 1 saturated heterocycles. The fourth-order valence-corrected chi connectivity index (χ4v) is 4.35. The Kier molecular flexibility index (Phi) is 6.02. The number of aliphatic hydroxyl groups is 1. The summed E-state index contributed by atoms with van der Waals surface area (Å²) in [7, 11) is 1.26. The summed E-state index contributed by atoms with van der Waals surface area (Å²) in [5, 5.41) is 12.7. The topological polar surface area (TPSA) is 61.8 Å². The Hall–Kier alpha value is -3.17. The summed E-state index contributed by atoms with van der Waals surface area (Å²) < 4.78 is 60.5. The number of methoxy groups -OCH3 is 1. The Morgan fingerprint density at radius 1 is 1.24 bits per heavy atom. The number of aliphatic hydroxyl groups excluding tert-OH is 1. The Bertz CT molecular complexity index is 1140. The molecular formula is C24H22F4N2O3. The van der Waals surface area contributed by atoms with Crippen LogP contribution in [0.5, 0.6) is 0 Å². The molecule has 33 heavy (non-hydrogen) atoms. The number of nitrogens with one attached hydrogen (secondary N) is 1. The predicted molar refractivity (Wildman–Crippen MR) is 114 cm³/mol. The average molecular weight is 462 g/mol. The van der Waals surface area contributed by atoms with Gasteiger partial charge in [0.1, 0.15) is 0 Å². The second-order valence-corrected chi connectivity index (χ2v) is 8.02. The molecule has 1 unspecified atom stereocenters. The number of carbonyl (C=O) groups excluding carboxylic acids is 1. The van der Waals surface area contributed by atoms with Crippen LogP contribution in [0.3, 0.4) is 0 Å². The SMILES string of the molecule is C=C(CNC(=O)c1ccc2c(c1)-c1ccccc1C2(F)F)N1CC(=C(F)F)C[C@H]1C(O)OC. The number of nitrogens with zero attached hydrogens (tertiary/aromatic N) is 1. The van der Waals surface area contributed by atoms with E-state index >= 15 is 0 Å². The third kappa shape index (κ3) is 4.02. The molecule has 4 rings (SSSR count). The maximum Gasteiger partial charge on any atom is 0.299 e. The van der Waals surface area contributed by atoms with E-state index in [2.05, 4.69) is 11.9 Å². The van der Waals surface area contributed by atoms with E-state index in [1.54, 1.807) is 18.2 Å². The lowest BCUT2D eigenvalue weighted by Gasteiger charge is -2.30. The summed E-state index contributed by atoms with van der Waals surface area (Å²) in [6.07, 6.45) is -3.23. The van der Waals surface area contributed by atoms with Crippen LogP contribution in [0.1, 0.15) is 27.9 Å².